The maximum Gasteiger partial charge on any atom is 0.418 e. The largest absolute Gasteiger partial charge is 0.418 e. The first-order valence-electron chi connectivity index (χ1n) is 9.42. The average molecular weight is 408 g/mol. The Balaban J connectivity index is 1.58. The number of benzene rings is 2. The van der Waals surface area contributed by atoms with Crippen LogP contribution in [0.1, 0.15) is 18.4 Å². The number of anilines is 3. The van der Waals surface area contributed by atoms with Crippen LogP contribution >= 0.6 is 11.8 Å². The minimum Gasteiger partial charge on any atom is -0.382 e. The van der Waals surface area contributed by atoms with Gasteiger partial charge in [0.1, 0.15) is 0 Å². The molecule has 150 valence electrons. The highest BCUT2D eigenvalue weighted by molar-refractivity contribution is 7.99. The van der Waals surface area contributed by atoms with Gasteiger partial charge >= 0.3 is 6.18 Å². The first-order valence-corrected chi connectivity index (χ1v) is 10.2. The molecule has 0 bridgehead atoms. The molecule has 8 heteroatoms. The van der Waals surface area contributed by atoms with E-state index in [1.54, 1.807) is 6.07 Å². The maximum absolute atomic E-state index is 13.8. The van der Waals surface area contributed by atoms with Crippen molar-refractivity contribution in [3.8, 4) is 0 Å². The van der Waals surface area contributed by atoms with Crippen LogP contribution in [-0.4, -0.2) is 37.1 Å². The molecule has 1 fully saturated rings. The molecule has 0 saturated carbocycles. The molecule has 4 nitrogen and oxygen atoms in total. The van der Waals surface area contributed by atoms with Crippen LogP contribution in [-0.2, 0) is 6.18 Å². The third kappa shape index (κ3) is 4.09. The first-order chi connectivity index (χ1) is 13.4. The normalized spacial score (nSPS) is 17.6. The van der Waals surface area contributed by atoms with Crippen molar-refractivity contribution in [1.82, 2.24) is 4.90 Å². The van der Waals surface area contributed by atoms with Crippen molar-refractivity contribution in [3.63, 3.8) is 0 Å². The van der Waals surface area contributed by atoms with Gasteiger partial charge in [-0.15, -0.1) is 0 Å². The highest BCUT2D eigenvalue weighted by Crippen LogP contribution is 2.50. The van der Waals surface area contributed by atoms with Gasteiger partial charge in [-0.25, -0.2) is 0 Å². The molecule has 0 aromatic heterocycles. The van der Waals surface area contributed by atoms with Gasteiger partial charge in [-0.2, -0.15) is 13.2 Å². The van der Waals surface area contributed by atoms with E-state index in [2.05, 4.69) is 15.5 Å². The summed E-state index contributed by atoms with van der Waals surface area (Å²) in [6, 6.07) is 10.6. The van der Waals surface area contributed by atoms with E-state index in [0.717, 1.165) is 37.4 Å². The average Bonchev–Trinajstić information content (AvgIpc) is 2.67. The lowest BCUT2D eigenvalue weighted by molar-refractivity contribution is -0.137. The fourth-order valence-corrected chi connectivity index (χ4v) is 4.82. The Bertz CT molecular complexity index is 848. The second kappa shape index (κ2) is 7.85. The zero-order chi connectivity index (χ0) is 19.7. The summed E-state index contributed by atoms with van der Waals surface area (Å²) < 4.78 is 41.3. The number of nitrogens with zero attached hydrogens (tertiary/aromatic N) is 1. The monoisotopic (exact) mass is 408 g/mol. The molecule has 0 radical (unpaired) electrons. The van der Waals surface area contributed by atoms with Gasteiger partial charge in [0.25, 0.3) is 0 Å². The number of fused-ring (bicyclic) bond motifs is 2. The van der Waals surface area contributed by atoms with E-state index < -0.39 is 11.7 Å². The van der Waals surface area contributed by atoms with Crippen molar-refractivity contribution in [1.29, 1.82) is 0 Å². The molecule has 0 aliphatic carbocycles. The van der Waals surface area contributed by atoms with Crippen LogP contribution in [0.25, 0.3) is 0 Å². The minimum absolute atomic E-state index is 0.138. The third-order valence-electron chi connectivity index (χ3n) is 5.18. The van der Waals surface area contributed by atoms with Gasteiger partial charge in [0.15, 0.2) is 0 Å². The molecule has 2 heterocycles. The molecular weight excluding hydrogens is 385 g/mol. The summed E-state index contributed by atoms with van der Waals surface area (Å²) in [6.07, 6.45) is -2.63. The molecule has 2 aromatic rings. The van der Waals surface area contributed by atoms with E-state index in [0.29, 0.717) is 22.8 Å². The van der Waals surface area contributed by atoms with Crippen molar-refractivity contribution in [2.75, 3.05) is 36.8 Å². The van der Waals surface area contributed by atoms with Crippen molar-refractivity contribution < 1.29 is 13.2 Å². The lowest BCUT2D eigenvalue weighted by Gasteiger charge is -2.33. The number of piperidine rings is 1. The summed E-state index contributed by atoms with van der Waals surface area (Å²) in [6.45, 7) is 3.32. The molecule has 2 aliphatic rings. The first kappa shape index (κ1) is 19.4. The van der Waals surface area contributed by atoms with E-state index in [-0.39, 0.29) is 11.7 Å². The summed E-state index contributed by atoms with van der Waals surface area (Å²) >= 11 is 1.37. The number of nitrogens with two attached hydrogens (primary N) is 1. The molecule has 0 atom stereocenters. The van der Waals surface area contributed by atoms with Crippen molar-refractivity contribution >= 4 is 28.8 Å². The zero-order valence-electron chi connectivity index (χ0n) is 15.4. The highest BCUT2D eigenvalue weighted by atomic mass is 32.2. The van der Waals surface area contributed by atoms with E-state index in [1.165, 1.54) is 17.8 Å². The molecule has 4 N–H and O–H groups in total. The lowest BCUT2D eigenvalue weighted by Crippen LogP contribution is -2.41. The second-order valence-electron chi connectivity index (χ2n) is 7.17. The standard InChI is InChI=1S/C20H23F3N4S/c21-20(22,23)15-11-14(25-13-5-8-27(9-6-13)10-7-24)12-18-19(15)26-16-3-1-2-4-17(16)28-18/h1-4,11-13,25-26H,5-10,24H2. The van der Waals surface area contributed by atoms with Gasteiger partial charge in [-0.3, -0.25) is 0 Å². The number of hydrogen-bond acceptors (Lipinski definition) is 5. The van der Waals surface area contributed by atoms with Gasteiger partial charge in [0.05, 0.1) is 16.9 Å². The van der Waals surface area contributed by atoms with Crippen LogP contribution in [0.15, 0.2) is 46.2 Å². The number of para-hydroxylation sites is 1. The zero-order valence-corrected chi connectivity index (χ0v) is 16.2. The fraction of sp³-hybridized carbons (Fsp3) is 0.400. The number of rotatable bonds is 4. The van der Waals surface area contributed by atoms with Crippen LogP contribution in [0.4, 0.5) is 30.2 Å². The Morgan fingerprint density at radius 1 is 1.14 bits per heavy atom. The smallest absolute Gasteiger partial charge is 0.382 e. The number of halogens is 3. The number of alkyl halides is 3. The van der Waals surface area contributed by atoms with Gasteiger partial charge in [-0.05, 0) is 37.1 Å². The Hall–Kier alpha value is -1.90. The minimum atomic E-state index is -4.42. The molecule has 2 aromatic carbocycles. The molecule has 28 heavy (non-hydrogen) atoms. The maximum atomic E-state index is 13.8. The summed E-state index contributed by atoms with van der Waals surface area (Å²) in [7, 11) is 0. The van der Waals surface area contributed by atoms with Crippen LogP contribution in [0.5, 0.6) is 0 Å². The van der Waals surface area contributed by atoms with Crippen molar-refractivity contribution in [2.24, 2.45) is 5.73 Å². The molecular formula is C20H23F3N4S. The summed E-state index contributed by atoms with van der Waals surface area (Å²) in [5, 5.41) is 6.31. The van der Waals surface area contributed by atoms with E-state index in [9.17, 15) is 13.2 Å². The Labute approximate surface area is 166 Å². The van der Waals surface area contributed by atoms with E-state index >= 15 is 0 Å². The Kier molecular flexibility index (Phi) is 5.44. The van der Waals surface area contributed by atoms with Crippen LogP contribution < -0.4 is 16.4 Å². The molecule has 1 saturated heterocycles. The van der Waals surface area contributed by atoms with Gasteiger partial charge in [-0.1, -0.05) is 23.9 Å². The number of nitrogens with one attached hydrogen (secondary N) is 2. The predicted molar refractivity (Wildman–Crippen MR) is 107 cm³/mol. The topological polar surface area (TPSA) is 53.3 Å². The van der Waals surface area contributed by atoms with E-state index in [4.69, 9.17) is 5.73 Å². The molecule has 0 amide bonds. The number of hydrogen-bond donors (Lipinski definition) is 3. The SMILES string of the molecule is NCCN1CCC(Nc2cc3c(c(C(F)(F)F)c2)Nc2ccccc2S3)CC1. The van der Waals surface area contributed by atoms with Crippen LogP contribution in [0.3, 0.4) is 0 Å². The predicted octanol–water partition coefficient (Wildman–Crippen LogP) is 4.75. The quantitative estimate of drug-likeness (QED) is 0.582. The fourth-order valence-electron chi connectivity index (χ4n) is 3.76. The third-order valence-corrected chi connectivity index (χ3v) is 6.30. The Morgan fingerprint density at radius 3 is 2.61 bits per heavy atom. The van der Waals surface area contributed by atoms with Crippen LogP contribution in [0, 0.1) is 0 Å². The molecule has 0 spiro atoms. The molecule has 2 aliphatic heterocycles. The Morgan fingerprint density at radius 2 is 1.89 bits per heavy atom. The summed E-state index contributed by atoms with van der Waals surface area (Å²) in [5.41, 5.74) is 6.34. The summed E-state index contributed by atoms with van der Waals surface area (Å²) in [5.74, 6) is 0. The molecule has 4 rings (SSSR count). The van der Waals surface area contributed by atoms with Gasteiger partial charge < -0.3 is 21.3 Å². The summed E-state index contributed by atoms with van der Waals surface area (Å²) in [4.78, 5) is 3.81. The van der Waals surface area contributed by atoms with Crippen LogP contribution in [0.2, 0.25) is 0 Å². The van der Waals surface area contributed by atoms with E-state index in [1.807, 2.05) is 24.3 Å². The van der Waals surface area contributed by atoms with Crippen molar-refractivity contribution in [2.45, 2.75) is 34.9 Å². The second-order valence-corrected chi connectivity index (χ2v) is 8.25. The van der Waals surface area contributed by atoms with Crippen molar-refractivity contribution in [3.05, 3.63) is 42.0 Å². The molecule has 0 unspecified atom stereocenters. The van der Waals surface area contributed by atoms with Gasteiger partial charge in [0.2, 0.25) is 0 Å². The lowest BCUT2D eigenvalue weighted by atomic mass is 10.0. The number of likely N-dealkylation sites (tertiary alicyclic amines) is 1. The highest BCUT2D eigenvalue weighted by Gasteiger charge is 2.37. The van der Waals surface area contributed by atoms with Gasteiger partial charge in [0, 0.05) is 47.7 Å².